The average molecular weight is 372 g/mol. The number of halogens is 2. The Morgan fingerprint density at radius 1 is 1.23 bits per heavy atom. The number of amides is 1. The maximum absolute atomic E-state index is 13.3. The Kier molecular flexibility index (Phi) is 5.47. The van der Waals surface area contributed by atoms with E-state index in [0.717, 1.165) is 17.5 Å². The lowest BCUT2D eigenvalue weighted by atomic mass is 9.70. The van der Waals surface area contributed by atoms with E-state index in [-0.39, 0.29) is 23.2 Å². The van der Waals surface area contributed by atoms with Crippen LogP contribution in [0.1, 0.15) is 43.4 Å². The highest BCUT2D eigenvalue weighted by Crippen LogP contribution is 2.41. The second kappa shape index (κ2) is 7.63. The first-order valence-corrected chi connectivity index (χ1v) is 9.25. The molecule has 0 N–H and O–H groups in total. The van der Waals surface area contributed by atoms with Crippen molar-refractivity contribution in [1.29, 1.82) is 0 Å². The van der Waals surface area contributed by atoms with Crippen molar-refractivity contribution in [1.82, 2.24) is 4.90 Å². The van der Waals surface area contributed by atoms with Crippen molar-refractivity contribution in [3.63, 3.8) is 0 Å². The summed E-state index contributed by atoms with van der Waals surface area (Å²) in [6, 6.07) is 14.1. The number of benzene rings is 2. The molecule has 0 aromatic heterocycles. The van der Waals surface area contributed by atoms with Crippen LogP contribution in [0, 0.1) is 5.82 Å². The van der Waals surface area contributed by atoms with Crippen molar-refractivity contribution in [2.24, 2.45) is 0 Å². The van der Waals surface area contributed by atoms with Gasteiger partial charge < -0.3 is 4.90 Å². The molecule has 4 heteroatoms. The van der Waals surface area contributed by atoms with E-state index in [9.17, 15) is 9.18 Å². The molecule has 1 aliphatic rings. The molecule has 0 saturated carbocycles. The highest BCUT2D eigenvalue weighted by atomic mass is 35.5. The van der Waals surface area contributed by atoms with E-state index in [1.54, 1.807) is 12.1 Å². The summed E-state index contributed by atoms with van der Waals surface area (Å²) >= 11 is 5.97. The Balaban J connectivity index is 1.83. The number of carbonyl (C=O) groups is 1. The second-order valence-corrected chi connectivity index (χ2v) is 7.46. The maximum Gasteiger partial charge on any atom is 0.223 e. The summed E-state index contributed by atoms with van der Waals surface area (Å²) in [5.41, 5.74) is 1.77. The molecule has 2 atom stereocenters. The van der Waals surface area contributed by atoms with Gasteiger partial charge >= 0.3 is 0 Å². The van der Waals surface area contributed by atoms with Crippen molar-refractivity contribution in [2.75, 3.05) is 6.54 Å². The first-order valence-electron chi connectivity index (χ1n) is 8.87. The number of likely N-dealkylation sites (tertiary alicyclic amines) is 1. The lowest BCUT2D eigenvalue weighted by Crippen LogP contribution is -2.47. The number of nitrogens with zero attached hydrogens (tertiary/aromatic N) is 1. The van der Waals surface area contributed by atoms with Gasteiger partial charge in [0.25, 0.3) is 0 Å². The maximum atomic E-state index is 13.3. The van der Waals surface area contributed by atoms with Gasteiger partial charge in [0.1, 0.15) is 5.82 Å². The Hall–Kier alpha value is -2.13. The summed E-state index contributed by atoms with van der Waals surface area (Å²) in [4.78, 5) is 14.9. The van der Waals surface area contributed by atoms with E-state index in [4.69, 9.17) is 11.6 Å². The van der Waals surface area contributed by atoms with Crippen molar-refractivity contribution < 1.29 is 9.18 Å². The SMILES string of the molecule is C=CCC1(c2ccc(F)cc2)CCN([C@@H](C)c2ccc(Cl)cc2)C(=O)C1. The van der Waals surface area contributed by atoms with Gasteiger partial charge in [0.2, 0.25) is 5.91 Å². The summed E-state index contributed by atoms with van der Waals surface area (Å²) in [5, 5.41) is 0.687. The molecule has 1 saturated heterocycles. The van der Waals surface area contributed by atoms with Gasteiger partial charge in [-0.25, -0.2) is 4.39 Å². The zero-order valence-corrected chi connectivity index (χ0v) is 15.7. The van der Waals surface area contributed by atoms with Crippen LogP contribution in [0.5, 0.6) is 0 Å². The standard InChI is InChI=1S/C22H23ClFNO/c1-3-12-22(18-6-10-20(24)11-7-18)13-14-25(21(26)15-22)16(2)17-4-8-19(23)9-5-17/h3-11,16H,1,12-15H2,2H3/t16-,22?/m0/s1. The van der Waals surface area contributed by atoms with Crippen LogP contribution in [0.3, 0.4) is 0 Å². The number of hydrogen-bond donors (Lipinski definition) is 0. The topological polar surface area (TPSA) is 20.3 Å². The molecule has 26 heavy (non-hydrogen) atoms. The molecule has 1 unspecified atom stereocenters. The summed E-state index contributed by atoms with van der Waals surface area (Å²) in [5.74, 6) is -0.146. The van der Waals surface area contributed by atoms with Gasteiger partial charge in [-0.2, -0.15) is 0 Å². The molecule has 1 aliphatic heterocycles. The van der Waals surface area contributed by atoms with Gasteiger partial charge in [-0.05, 0) is 55.2 Å². The van der Waals surface area contributed by atoms with Gasteiger partial charge in [0.15, 0.2) is 0 Å². The van der Waals surface area contributed by atoms with Crippen LogP contribution < -0.4 is 0 Å². The van der Waals surface area contributed by atoms with E-state index in [1.807, 2.05) is 42.2 Å². The molecule has 1 amide bonds. The van der Waals surface area contributed by atoms with E-state index < -0.39 is 0 Å². The molecule has 0 bridgehead atoms. The minimum atomic E-state index is -0.303. The third-order valence-corrected chi connectivity index (χ3v) is 5.70. The summed E-state index contributed by atoms with van der Waals surface area (Å²) in [6.07, 6.45) is 3.79. The first kappa shape index (κ1) is 18.7. The molecule has 3 rings (SSSR count). The molecule has 136 valence electrons. The predicted molar refractivity (Wildman–Crippen MR) is 104 cm³/mol. The highest BCUT2D eigenvalue weighted by molar-refractivity contribution is 6.30. The van der Waals surface area contributed by atoms with E-state index in [0.29, 0.717) is 24.4 Å². The largest absolute Gasteiger partial charge is 0.336 e. The van der Waals surface area contributed by atoms with Gasteiger partial charge in [0, 0.05) is 23.4 Å². The second-order valence-electron chi connectivity index (χ2n) is 7.02. The monoisotopic (exact) mass is 371 g/mol. The number of carbonyl (C=O) groups excluding carboxylic acids is 1. The molecule has 1 heterocycles. The predicted octanol–water partition coefficient (Wildman–Crippen LogP) is 5.68. The minimum absolute atomic E-state index is 0.00489. The van der Waals surface area contributed by atoms with Crippen molar-refractivity contribution in [3.05, 3.63) is 83.2 Å². The third-order valence-electron chi connectivity index (χ3n) is 5.45. The fraction of sp³-hybridized carbons (Fsp3) is 0.318. The molecule has 2 aromatic rings. The Labute approximate surface area is 159 Å². The first-order chi connectivity index (χ1) is 12.4. The number of rotatable bonds is 5. The summed E-state index contributed by atoms with van der Waals surface area (Å²) < 4.78 is 13.3. The van der Waals surface area contributed by atoms with Crippen LogP contribution in [0.25, 0.3) is 0 Å². The van der Waals surface area contributed by atoms with Crippen LogP contribution in [-0.2, 0) is 10.2 Å². The van der Waals surface area contributed by atoms with Crippen LogP contribution >= 0.6 is 11.6 Å². The molecule has 1 fully saturated rings. The molecule has 2 aromatic carbocycles. The number of hydrogen-bond acceptors (Lipinski definition) is 1. The van der Waals surface area contributed by atoms with E-state index in [2.05, 4.69) is 6.58 Å². The molecule has 0 spiro atoms. The van der Waals surface area contributed by atoms with Gasteiger partial charge in [-0.1, -0.05) is 41.9 Å². The minimum Gasteiger partial charge on any atom is -0.336 e. The molecular formula is C22H23ClFNO. The molecular weight excluding hydrogens is 349 g/mol. The van der Waals surface area contributed by atoms with Crippen LogP contribution in [0.15, 0.2) is 61.2 Å². The van der Waals surface area contributed by atoms with Crippen LogP contribution in [0.4, 0.5) is 4.39 Å². The van der Waals surface area contributed by atoms with Crippen LogP contribution in [0.2, 0.25) is 5.02 Å². The highest BCUT2D eigenvalue weighted by Gasteiger charge is 2.40. The molecule has 0 radical (unpaired) electrons. The normalized spacial score (nSPS) is 21.5. The van der Waals surface area contributed by atoms with Crippen molar-refractivity contribution in [2.45, 2.75) is 37.6 Å². The summed E-state index contributed by atoms with van der Waals surface area (Å²) in [6.45, 7) is 6.57. The van der Waals surface area contributed by atoms with E-state index >= 15 is 0 Å². The number of piperidine rings is 1. The summed E-state index contributed by atoms with van der Waals surface area (Å²) in [7, 11) is 0. The average Bonchev–Trinajstić information content (AvgIpc) is 2.63. The van der Waals surface area contributed by atoms with E-state index in [1.165, 1.54) is 12.1 Å². The smallest absolute Gasteiger partial charge is 0.223 e. The lowest BCUT2D eigenvalue weighted by Gasteiger charge is -2.43. The van der Waals surface area contributed by atoms with Gasteiger partial charge in [-0.15, -0.1) is 6.58 Å². The quantitative estimate of drug-likeness (QED) is 0.619. The fourth-order valence-electron chi connectivity index (χ4n) is 3.89. The Morgan fingerprint density at radius 3 is 2.46 bits per heavy atom. The molecule has 0 aliphatic carbocycles. The lowest BCUT2D eigenvalue weighted by molar-refractivity contribution is -0.138. The third kappa shape index (κ3) is 3.68. The Bertz CT molecular complexity index is 787. The zero-order chi connectivity index (χ0) is 18.7. The number of allylic oxidation sites excluding steroid dienone is 1. The van der Waals surface area contributed by atoms with Crippen molar-refractivity contribution >= 4 is 17.5 Å². The zero-order valence-electron chi connectivity index (χ0n) is 14.9. The van der Waals surface area contributed by atoms with Crippen LogP contribution in [-0.4, -0.2) is 17.4 Å². The van der Waals surface area contributed by atoms with Crippen molar-refractivity contribution in [3.8, 4) is 0 Å². The van der Waals surface area contributed by atoms with Gasteiger partial charge in [0.05, 0.1) is 6.04 Å². The molecule has 2 nitrogen and oxygen atoms in total. The fourth-order valence-corrected chi connectivity index (χ4v) is 4.01. The Morgan fingerprint density at radius 2 is 1.88 bits per heavy atom. The van der Waals surface area contributed by atoms with Gasteiger partial charge in [-0.3, -0.25) is 4.79 Å².